The Morgan fingerprint density at radius 2 is 2.12 bits per heavy atom. The number of thiophene rings is 2. The van der Waals surface area contributed by atoms with Gasteiger partial charge in [-0.15, -0.1) is 11.3 Å². The number of aryl methyl sites for hydroxylation is 1. The number of carbonyl (C=O) groups is 1. The van der Waals surface area contributed by atoms with Crippen molar-refractivity contribution in [2.75, 3.05) is 18.4 Å². The van der Waals surface area contributed by atoms with Gasteiger partial charge in [-0.25, -0.2) is 0 Å². The third kappa shape index (κ3) is 3.63. The second kappa shape index (κ2) is 7.78. The van der Waals surface area contributed by atoms with E-state index in [4.69, 9.17) is 4.42 Å². The molecule has 1 aliphatic rings. The fourth-order valence-electron chi connectivity index (χ4n) is 3.60. The van der Waals surface area contributed by atoms with Crippen LogP contribution in [0.5, 0.6) is 0 Å². The van der Waals surface area contributed by atoms with Crippen LogP contribution in [0, 0.1) is 6.92 Å². The Morgan fingerprint density at radius 1 is 1.27 bits per heavy atom. The lowest BCUT2D eigenvalue weighted by atomic mass is 9.98. The van der Waals surface area contributed by atoms with Gasteiger partial charge in [0.2, 0.25) is 0 Å². The van der Waals surface area contributed by atoms with E-state index in [0.29, 0.717) is 5.76 Å². The van der Waals surface area contributed by atoms with Crippen LogP contribution in [0.3, 0.4) is 0 Å². The molecule has 1 saturated heterocycles. The minimum atomic E-state index is -0.194. The van der Waals surface area contributed by atoms with Gasteiger partial charge >= 0.3 is 0 Å². The van der Waals surface area contributed by atoms with Gasteiger partial charge in [-0.3, -0.25) is 9.69 Å². The van der Waals surface area contributed by atoms with Gasteiger partial charge in [0.15, 0.2) is 5.76 Å². The largest absolute Gasteiger partial charge is 0.459 e. The highest BCUT2D eigenvalue weighted by atomic mass is 32.1. The number of amides is 1. The first kappa shape index (κ1) is 17.5. The molecule has 0 aliphatic carbocycles. The molecule has 3 aromatic rings. The Labute approximate surface area is 161 Å². The summed E-state index contributed by atoms with van der Waals surface area (Å²) in [6.45, 7) is 4.29. The average Bonchev–Trinajstić information content (AvgIpc) is 3.39. The molecule has 1 amide bonds. The summed E-state index contributed by atoms with van der Waals surface area (Å²) in [5, 5.41) is 8.36. The lowest BCUT2D eigenvalue weighted by Crippen LogP contribution is -2.34. The minimum Gasteiger partial charge on any atom is -0.459 e. The molecule has 0 saturated carbocycles. The van der Waals surface area contributed by atoms with E-state index in [0.717, 1.165) is 18.1 Å². The third-order valence-corrected chi connectivity index (χ3v) is 6.45. The molecule has 1 N–H and O–H groups in total. The first-order valence-electron chi connectivity index (χ1n) is 8.93. The smallest absolute Gasteiger partial charge is 0.291 e. The number of likely N-dealkylation sites (tertiary alicyclic amines) is 1. The van der Waals surface area contributed by atoms with E-state index in [-0.39, 0.29) is 11.9 Å². The average molecular weight is 387 g/mol. The summed E-state index contributed by atoms with van der Waals surface area (Å²) in [6.07, 6.45) is 5.30. The zero-order valence-corrected chi connectivity index (χ0v) is 16.4. The molecule has 4 heterocycles. The molecule has 1 fully saturated rings. The van der Waals surface area contributed by atoms with Crippen molar-refractivity contribution < 1.29 is 9.21 Å². The maximum absolute atomic E-state index is 12.5. The summed E-state index contributed by atoms with van der Waals surface area (Å²) in [6, 6.07) is 8.04. The number of hydrogen-bond donors (Lipinski definition) is 1. The molecular weight excluding hydrogens is 364 g/mol. The molecule has 3 aromatic heterocycles. The van der Waals surface area contributed by atoms with E-state index in [1.54, 1.807) is 34.8 Å². The molecule has 4 rings (SSSR count). The van der Waals surface area contributed by atoms with Crippen molar-refractivity contribution in [1.29, 1.82) is 0 Å². The molecule has 1 atom stereocenters. The number of anilines is 1. The topological polar surface area (TPSA) is 45.5 Å². The number of nitrogens with one attached hydrogen (secondary N) is 1. The number of hydrogen-bond acceptors (Lipinski definition) is 5. The van der Waals surface area contributed by atoms with Gasteiger partial charge in [0, 0.05) is 10.4 Å². The number of rotatable bonds is 5. The molecule has 0 aromatic carbocycles. The van der Waals surface area contributed by atoms with Gasteiger partial charge in [0.1, 0.15) is 5.00 Å². The third-order valence-electron chi connectivity index (χ3n) is 4.77. The van der Waals surface area contributed by atoms with Gasteiger partial charge in [0.25, 0.3) is 5.91 Å². The molecule has 136 valence electrons. The monoisotopic (exact) mass is 386 g/mol. The van der Waals surface area contributed by atoms with E-state index >= 15 is 0 Å². The molecule has 0 spiro atoms. The Morgan fingerprint density at radius 3 is 2.81 bits per heavy atom. The number of nitrogens with zero attached hydrogens (tertiary/aromatic N) is 1. The quantitative estimate of drug-likeness (QED) is 0.626. The maximum Gasteiger partial charge on any atom is 0.291 e. The number of furan rings is 1. The second-order valence-electron chi connectivity index (χ2n) is 6.63. The van der Waals surface area contributed by atoms with Crippen molar-refractivity contribution in [2.24, 2.45) is 0 Å². The van der Waals surface area contributed by atoms with E-state index in [2.05, 4.69) is 40.0 Å². The normalized spacial score (nSPS) is 16.5. The SMILES string of the molecule is Cc1cc([C@H](c2ccsc2)N2CCCCC2)c(NC(=O)c2ccco2)s1. The van der Waals surface area contributed by atoms with Crippen LogP contribution in [0.25, 0.3) is 0 Å². The van der Waals surface area contributed by atoms with Crippen LogP contribution in [0.2, 0.25) is 0 Å². The van der Waals surface area contributed by atoms with Crippen LogP contribution in [0.4, 0.5) is 5.00 Å². The first-order chi connectivity index (χ1) is 12.7. The van der Waals surface area contributed by atoms with Gasteiger partial charge in [-0.05, 0) is 73.4 Å². The minimum absolute atomic E-state index is 0.193. The predicted molar refractivity (Wildman–Crippen MR) is 107 cm³/mol. The molecular formula is C20H22N2O2S2. The Balaban J connectivity index is 1.68. The van der Waals surface area contributed by atoms with E-state index in [1.165, 1.54) is 41.5 Å². The molecule has 4 nitrogen and oxygen atoms in total. The van der Waals surface area contributed by atoms with E-state index in [9.17, 15) is 4.79 Å². The molecule has 0 radical (unpaired) electrons. The zero-order chi connectivity index (χ0) is 17.9. The van der Waals surface area contributed by atoms with Crippen LogP contribution in [-0.2, 0) is 0 Å². The molecule has 1 aliphatic heterocycles. The van der Waals surface area contributed by atoms with Crippen molar-refractivity contribution >= 4 is 33.6 Å². The maximum atomic E-state index is 12.5. The van der Waals surface area contributed by atoms with Crippen LogP contribution in [-0.4, -0.2) is 23.9 Å². The summed E-state index contributed by atoms with van der Waals surface area (Å²) in [4.78, 5) is 16.3. The lowest BCUT2D eigenvalue weighted by Gasteiger charge is -2.34. The zero-order valence-electron chi connectivity index (χ0n) is 14.7. The molecule has 0 bridgehead atoms. The lowest BCUT2D eigenvalue weighted by molar-refractivity contribution is 0.0996. The van der Waals surface area contributed by atoms with Crippen molar-refractivity contribution in [3.05, 3.63) is 63.1 Å². The molecule has 26 heavy (non-hydrogen) atoms. The van der Waals surface area contributed by atoms with Crippen LogP contribution >= 0.6 is 22.7 Å². The molecule has 6 heteroatoms. The van der Waals surface area contributed by atoms with Crippen molar-refractivity contribution in [1.82, 2.24) is 4.90 Å². The number of piperidine rings is 1. The fraction of sp³-hybridized carbons (Fsp3) is 0.350. The Hall–Kier alpha value is -1.89. The summed E-state index contributed by atoms with van der Waals surface area (Å²) in [5.41, 5.74) is 2.50. The van der Waals surface area contributed by atoms with E-state index in [1.807, 2.05) is 0 Å². The highest BCUT2D eigenvalue weighted by molar-refractivity contribution is 7.16. The number of carbonyl (C=O) groups excluding carboxylic acids is 1. The van der Waals surface area contributed by atoms with Crippen LogP contribution in [0.1, 0.15) is 51.9 Å². The van der Waals surface area contributed by atoms with Gasteiger partial charge in [-0.2, -0.15) is 11.3 Å². The van der Waals surface area contributed by atoms with Gasteiger partial charge in [-0.1, -0.05) is 6.42 Å². The predicted octanol–water partition coefficient (Wildman–Crippen LogP) is 5.54. The van der Waals surface area contributed by atoms with Crippen LogP contribution in [0.15, 0.2) is 45.7 Å². The van der Waals surface area contributed by atoms with E-state index < -0.39 is 0 Å². The summed E-state index contributed by atoms with van der Waals surface area (Å²) in [7, 11) is 0. The van der Waals surface area contributed by atoms with Crippen molar-refractivity contribution in [3.63, 3.8) is 0 Å². The highest BCUT2D eigenvalue weighted by Crippen LogP contribution is 2.40. The summed E-state index contributed by atoms with van der Waals surface area (Å²) < 4.78 is 5.25. The summed E-state index contributed by atoms with van der Waals surface area (Å²) in [5.74, 6) is 0.146. The van der Waals surface area contributed by atoms with Gasteiger partial charge in [0.05, 0.1) is 12.3 Å². The first-order valence-corrected chi connectivity index (χ1v) is 10.7. The van der Waals surface area contributed by atoms with Gasteiger partial charge < -0.3 is 9.73 Å². The Kier molecular flexibility index (Phi) is 5.24. The standard InChI is InChI=1S/C20H22N2O2S2/c1-14-12-16(20(26-14)21-19(23)17-6-5-10-24-17)18(15-7-11-25-13-15)22-8-3-2-4-9-22/h5-7,10-13,18H,2-4,8-9H2,1H3,(H,21,23)/t18-/m0/s1. The highest BCUT2D eigenvalue weighted by Gasteiger charge is 2.28. The molecule has 0 unspecified atom stereocenters. The Bertz CT molecular complexity index is 847. The summed E-state index contributed by atoms with van der Waals surface area (Å²) >= 11 is 3.36. The van der Waals surface area contributed by atoms with Crippen LogP contribution < -0.4 is 5.32 Å². The van der Waals surface area contributed by atoms with Crippen molar-refractivity contribution in [2.45, 2.75) is 32.2 Å². The second-order valence-corrected chi connectivity index (χ2v) is 8.67. The van der Waals surface area contributed by atoms with Crippen molar-refractivity contribution in [3.8, 4) is 0 Å². The fourth-order valence-corrected chi connectivity index (χ4v) is 5.22.